The predicted molar refractivity (Wildman–Crippen MR) is 76.3 cm³/mol. The van der Waals surface area contributed by atoms with Crippen LogP contribution in [0.5, 0.6) is 0 Å². The van der Waals surface area contributed by atoms with E-state index in [0.717, 1.165) is 31.2 Å². The molecule has 0 bridgehead atoms. The third-order valence-corrected chi connectivity index (χ3v) is 4.30. The molecule has 0 aromatic heterocycles. The first-order valence-electron chi connectivity index (χ1n) is 6.72. The maximum Gasteiger partial charge on any atom is 0.233 e. The Morgan fingerprint density at radius 2 is 1.89 bits per heavy atom. The molecule has 1 saturated carbocycles. The van der Waals surface area contributed by atoms with Gasteiger partial charge in [0, 0.05) is 18.6 Å². The van der Waals surface area contributed by atoms with Gasteiger partial charge in [0.25, 0.3) is 0 Å². The summed E-state index contributed by atoms with van der Waals surface area (Å²) in [6.07, 6.45) is 3.90. The summed E-state index contributed by atoms with van der Waals surface area (Å²) in [6, 6.07) is 7.60. The lowest BCUT2D eigenvalue weighted by Crippen LogP contribution is -2.44. The Balaban J connectivity index is 2.32. The van der Waals surface area contributed by atoms with E-state index in [1.165, 1.54) is 0 Å². The van der Waals surface area contributed by atoms with Crippen LogP contribution >= 0.6 is 11.6 Å². The molecule has 104 valence electrons. The minimum atomic E-state index is -0.422. The van der Waals surface area contributed by atoms with Crippen molar-refractivity contribution in [3.8, 4) is 0 Å². The van der Waals surface area contributed by atoms with E-state index in [1.54, 1.807) is 11.9 Å². The average molecular weight is 282 g/mol. The fourth-order valence-electron chi connectivity index (χ4n) is 2.99. The van der Waals surface area contributed by atoms with Crippen LogP contribution in [-0.2, 0) is 10.2 Å². The van der Waals surface area contributed by atoms with Crippen molar-refractivity contribution in [1.29, 1.82) is 0 Å². The van der Waals surface area contributed by atoms with E-state index in [1.807, 2.05) is 24.3 Å². The molecule has 1 aliphatic rings. The normalized spacial score (nSPS) is 17.4. The van der Waals surface area contributed by atoms with Crippen LogP contribution in [0.15, 0.2) is 24.3 Å². The van der Waals surface area contributed by atoms with Crippen LogP contribution in [0.25, 0.3) is 0 Å². The lowest BCUT2D eigenvalue weighted by Gasteiger charge is -2.32. The zero-order valence-electron chi connectivity index (χ0n) is 11.2. The number of benzene rings is 1. The highest BCUT2D eigenvalue weighted by molar-refractivity contribution is 6.30. The van der Waals surface area contributed by atoms with E-state index in [-0.39, 0.29) is 12.5 Å². The molecule has 0 unspecified atom stereocenters. The number of amides is 1. The summed E-state index contributed by atoms with van der Waals surface area (Å²) < 4.78 is 0. The second kappa shape index (κ2) is 5.93. The molecule has 1 aromatic carbocycles. The van der Waals surface area contributed by atoms with Gasteiger partial charge in [-0.2, -0.15) is 0 Å². The highest BCUT2D eigenvalue weighted by Gasteiger charge is 2.43. The van der Waals surface area contributed by atoms with Gasteiger partial charge in [0.2, 0.25) is 5.91 Å². The number of aliphatic hydroxyl groups excluding tert-OH is 1. The van der Waals surface area contributed by atoms with Crippen molar-refractivity contribution >= 4 is 17.5 Å². The summed E-state index contributed by atoms with van der Waals surface area (Å²) in [5.74, 6) is 0.112. The van der Waals surface area contributed by atoms with E-state index in [9.17, 15) is 4.79 Å². The van der Waals surface area contributed by atoms with Crippen molar-refractivity contribution < 1.29 is 9.90 Å². The summed E-state index contributed by atoms with van der Waals surface area (Å²) in [7, 11) is 1.76. The Labute approximate surface area is 119 Å². The first-order valence-corrected chi connectivity index (χ1v) is 7.10. The molecule has 0 radical (unpaired) electrons. The van der Waals surface area contributed by atoms with Crippen LogP contribution in [-0.4, -0.2) is 36.1 Å². The maximum atomic E-state index is 12.7. The van der Waals surface area contributed by atoms with Crippen molar-refractivity contribution in [2.45, 2.75) is 31.1 Å². The van der Waals surface area contributed by atoms with Crippen LogP contribution in [0.3, 0.4) is 0 Å². The highest BCUT2D eigenvalue weighted by atomic mass is 35.5. The molecule has 2 rings (SSSR count). The molecule has 1 amide bonds. The van der Waals surface area contributed by atoms with Gasteiger partial charge in [-0.1, -0.05) is 36.6 Å². The maximum absolute atomic E-state index is 12.7. The lowest BCUT2D eigenvalue weighted by atomic mass is 9.77. The third kappa shape index (κ3) is 2.77. The summed E-state index contributed by atoms with van der Waals surface area (Å²) in [6.45, 7) is 0.382. The quantitative estimate of drug-likeness (QED) is 0.922. The number of aliphatic hydroxyl groups is 1. The number of likely N-dealkylation sites (N-methyl/N-ethyl adjacent to an activating group) is 1. The van der Waals surface area contributed by atoms with Gasteiger partial charge in [0.1, 0.15) is 0 Å². The molecule has 1 aromatic rings. The molecule has 1 N–H and O–H groups in total. The van der Waals surface area contributed by atoms with E-state index >= 15 is 0 Å². The van der Waals surface area contributed by atoms with Gasteiger partial charge >= 0.3 is 0 Å². The van der Waals surface area contributed by atoms with Crippen LogP contribution in [0.2, 0.25) is 5.02 Å². The second-order valence-corrected chi connectivity index (χ2v) is 5.68. The second-order valence-electron chi connectivity index (χ2n) is 5.25. The molecule has 4 heteroatoms. The first kappa shape index (κ1) is 14.4. The van der Waals surface area contributed by atoms with Gasteiger partial charge in [0.05, 0.1) is 12.0 Å². The zero-order chi connectivity index (χ0) is 13.9. The molecule has 3 nitrogen and oxygen atoms in total. The van der Waals surface area contributed by atoms with Gasteiger partial charge < -0.3 is 10.0 Å². The first-order chi connectivity index (χ1) is 9.10. The van der Waals surface area contributed by atoms with E-state index in [2.05, 4.69) is 0 Å². The molecular formula is C15H20ClNO2. The van der Waals surface area contributed by atoms with Crippen molar-refractivity contribution in [3.63, 3.8) is 0 Å². The summed E-state index contributed by atoms with van der Waals surface area (Å²) in [5, 5.41) is 9.70. The topological polar surface area (TPSA) is 40.5 Å². The summed E-state index contributed by atoms with van der Waals surface area (Å²) in [4.78, 5) is 14.4. The number of hydrogen-bond acceptors (Lipinski definition) is 2. The van der Waals surface area contributed by atoms with Crippen molar-refractivity contribution in [2.75, 3.05) is 20.2 Å². The molecule has 1 fully saturated rings. The third-order valence-electron chi connectivity index (χ3n) is 4.05. The van der Waals surface area contributed by atoms with Gasteiger partial charge in [-0.3, -0.25) is 4.79 Å². The number of hydrogen-bond donors (Lipinski definition) is 1. The lowest BCUT2D eigenvalue weighted by molar-refractivity contribution is -0.136. The van der Waals surface area contributed by atoms with Crippen LogP contribution in [0.4, 0.5) is 0 Å². The van der Waals surface area contributed by atoms with E-state index < -0.39 is 5.41 Å². The Morgan fingerprint density at radius 1 is 1.32 bits per heavy atom. The Hall–Kier alpha value is -1.06. The Bertz CT molecular complexity index is 438. The van der Waals surface area contributed by atoms with Crippen LogP contribution < -0.4 is 0 Å². The molecule has 19 heavy (non-hydrogen) atoms. The van der Waals surface area contributed by atoms with Gasteiger partial charge in [0.15, 0.2) is 0 Å². The van der Waals surface area contributed by atoms with Crippen molar-refractivity contribution in [2.24, 2.45) is 0 Å². The highest BCUT2D eigenvalue weighted by Crippen LogP contribution is 2.42. The number of carbonyl (C=O) groups is 1. The summed E-state index contributed by atoms with van der Waals surface area (Å²) in [5.41, 5.74) is 0.623. The van der Waals surface area contributed by atoms with E-state index in [4.69, 9.17) is 16.7 Å². The molecular weight excluding hydrogens is 262 g/mol. The van der Waals surface area contributed by atoms with Crippen molar-refractivity contribution in [1.82, 2.24) is 4.90 Å². The molecule has 0 spiro atoms. The van der Waals surface area contributed by atoms with Gasteiger partial charge in [-0.25, -0.2) is 0 Å². The predicted octanol–water partition coefficient (Wildman–Crippen LogP) is 2.60. The molecule has 0 heterocycles. The van der Waals surface area contributed by atoms with Crippen LogP contribution in [0, 0.1) is 0 Å². The zero-order valence-corrected chi connectivity index (χ0v) is 12.0. The van der Waals surface area contributed by atoms with Gasteiger partial charge in [-0.05, 0) is 30.5 Å². The van der Waals surface area contributed by atoms with E-state index in [0.29, 0.717) is 11.6 Å². The largest absolute Gasteiger partial charge is 0.395 e. The van der Waals surface area contributed by atoms with Gasteiger partial charge in [-0.15, -0.1) is 0 Å². The molecule has 0 saturated heterocycles. The monoisotopic (exact) mass is 281 g/mol. The SMILES string of the molecule is CN(CCO)C(=O)C1(c2ccc(Cl)cc2)CCCC1. The van der Waals surface area contributed by atoms with Crippen LogP contribution in [0.1, 0.15) is 31.2 Å². The number of nitrogens with zero attached hydrogens (tertiary/aromatic N) is 1. The number of carbonyl (C=O) groups excluding carboxylic acids is 1. The fraction of sp³-hybridized carbons (Fsp3) is 0.533. The smallest absolute Gasteiger partial charge is 0.233 e. The van der Waals surface area contributed by atoms with Crippen molar-refractivity contribution in [3.05, 3.63) is 34.9 Å². The molecule has 0 atom stereocenters. The number of halogens is 1. The summed E-state index contributed by atoms with van der Waals surface area (Å²) >= 11 is 5.93. The minimum absolute atomic E-state index is 0.00105. The average Bonchev–Trinajstić information content (AvgIpc) is 2.89. The number of rotatable bonds is 4. The standard InChI is InChI=1S/C15H20ClNO2/c1-17(10-11-18)14(19)15(8-2-3-9-15)12-4-6-13(16)7-5-12/h4-7,18H,2-3,8-11H2,1H3. The molecule has 0 aliphatic heterocycles. The molecule has 1 aliphatic carbocycles. The fourth-order valence-corrected chi connectivity index (χ4v) is 3.12. The Kier molecular flexibility index (Phi) is 4.48. The minimum Gasteiger partial charge on any atom is -0.395 e. The Morgan fingerprint density at radius 3 is 2.42 bits per heavy atom.